The van der Waals surface area contributed by atoms with Gasteiger partial charge in [0.25, 0.3) is 0 Å². The third-order valence-corrected chi connectivity index (χ3v) is 8.58. The summed E-state index contributed by atoms with van der Waals surface area (Å²) in [5, 5.41) is 3.50. The highest BCUT2D eigenvalue weighted by Gasteiger charge is 2.49. The molecule has 196 valence electrons. The first kappa shape index (κ1) is 25.1. The van der Waals surface area contributed by atoms with Crippen molar-refractivity contribution in [3.05, 3.63) is 17.5 Å². The SMILES string of the molecule is C[C@H](Oc1cc(N2CCN(C)CC2)nc(/C(N)=C2\CCC[C@@]3(CCCCC3=O)C2=O)n1)[C@@H]1CCCN1. The number of hydrogen-bond donors (Lipinski definition) is 2. The molecule has 1 aromatic rings. The monoisotopic (exact) mass is 496 g/mol. The molecule has 0 unspecified atom stereocenters. The maximum atomic E-state index is 13.7. The molecule has 2 saturated heterocycles. The van der Waals surface area contributed by atoms with E-state index in [1.807, 2.05) is 6.07 Å². The first-order chi connectivity index (χ1) is 17.4. The van der Waals surface area contributed by atoms with Crippen LogP contribution in [-0.2, 0) is 9.59 Å². The summed E-state index contributed by atoms with van der Waals surface area (Å²) in [5.41, 5.74) is 6.58. The van der Waals surface area contributed by atoms with Crippen LogP contribution < -0.4 is 20.7 Å². The number of carbonyl (C=O) groups is 2. The molecular weight excluding hydrogens is 456 g/mol. The van der Waals surface area contributed by atoms with E-state index in [0.29, 0.717) is 48.7 Å². The fourth-order valence-electron chi connectivity index (χ4n) is 6.25. The van der Waals surface area contributed by atoms with Crippen molar-refractivity contribution < 1.29 is 14.3 Å². The van der Waals surface area contributed by atoms with Crippen LogP contribution in [0, 0.1) is 5.41 Å². The predicted molar refractivity (Wildman–Crippen MR) is 139 cm³/mol. The summed E-state index contributed by atoms with van der Waals surface area (Å²) in [6, 6.07) is 2.18. The second kappa shape index (κ2) is 10.5. The van der Waals surface area contributed by atoms with E-state index in [4.69, 9.17) is 20.4 Å². The third-order valence-electron chi connectivity index (χ3n) is 8.58. The number of ether oxygens (including phenoxy) is 1. The highest BCUT2D eigenvalue weighted by atomic mass is 16.5. The largest absolute Gasteiger partial charge is 0.473 e. The van der Waals surface area contributed by atoms with Gasteiger partial charge in [-0.2, -0.15) is 4.98 Å². The van der Waals surface area contributed by atoms with Crippen LogP contribution in [-0.4, -0.2) is 78.4 Å². The number of nitrogens with one attached hydrogen (secondary N) is 1. The fraction of sp³-hybridized carbons (Fsp3) is 0.704. The lowest BCUT2D eigenvalue weighted by Crippen LogP contribution is -2.45. The molecule has 0 aromatic carbocycles. The van der Waals surface area contributed by atoms with Gasteiger partial charge in [0.15, 0.2) is 11.6 Å². The van der Waals surface area contributed by atoms with E-state index in [2.05, 4.69) is 29.1 Å². The van der Waals surface area contributed by atoms with Gasteiger partial charge in [0, 0.05) is 50.3 Å². The molecule has 2 aliphatic carbocycles. The lowest BCUT2D eigenvalue weighted by Gasteiger charge is -2.38. The topological polar surface area (TPSA) is 114 Å². The molecule has 9 nitrogen and oxygen atoms in total. The summed E-state index contributed by atoms with van der Waals surface area (Å²) in [4.78, 5) is 40.7. The zero-order chi connectivity index (χ0) is 25.3. The molecular formula is C27H40N6O3. The Morgan fingerprint density at radius 2 is 1.89 bits per heavy atom. The Morgan fingerprint density at radius 3 is 2.61 bits per heavy atom. The van der Waals surface area contributed by atoms with Crippen molar-refractivity contribution in [3.8, 4) is 5.88 Å². The molecule has 4 fully saturated rings. The zero-order valence-corrected chi connectivity index (χ0v) is 21.7. The maximum Gasteiger partial charge on any atom is 0.219 e. The van der Waals surface area contributed by atoms with Crippen LogP contribution in [0.3, 0.4) is 0 Å². The number of aromatic nitrogens is 2. The molecule has 1 spiro atoms. The number of allylic oxidation sites excluding steroid dienone is 1. The summed E-state index contributed by atoms with van der Waals surface area (Å²) in [6.07, 6.45) is 7.01. The molecule has 0 amide bonds. The average molecular weight is 497 g/mol. The van der Waals surface area contributed by atoms with Crippen molar-refractivity contribution in [3.63, 3.8) is 0 Å². The van der Waals surface area contributed by atoms with Crippen LogP contribution in [0.25, 0.3) is 5.70 Å². The van der Waals surface area contributed by atoms with Gasteiger partial charge in [-0.25, -0.2) is 4.98 Å². The van der Waals surface area contributed by atoms with Gasteiger partial charge in [0.05, 0.1) is 11.1 Å². The van der Waals surface area contributed by atoms with Gasteiger partial charge < -0.3 is 25.6 Å². The van der Waals surface area contributed by atoms with Crippen LogP contribution in [0.15, 0.2) is 11.6 Å². The van der Waals surface area contributed by atoms with Crippen molar-refractivity contribution in [1.29, 1.82) is 0 Å². The Labute approximate surface area is 213 Å². The summed E-state index contributed by atoms with van der Waals surface area (Å²) < 4.78 is 6.31. The maximum absolute atomic E-state index is 13.7. The standard InChI is InChI=1S/C27H40N6O3/c1-18(20-8-6-12-29-20)36-23-17-22(33-15-13-32(2)14-16-33)30-26(31-23)24(28)19-7-5-11-27(25(19)35)10-4-3-9-21(27)34/h17-18,20,29H,3-16,28H2,1-2H3/b24-19-/t18-,20-,27+/m0/s1. The molecule has 3 atom stereocenters. The van der Waals surface area contributed by atoms with E-state index >= 15 is 0 Å². The first-order valence-corrected chi connectivity index (χ1v) is 13.7. The molecule has 0 radical (unpaired) electrons. The Balaban J connectivity index is 1.49. The first-order valence-electron chi connectivity index (χ1n) is 13.7. The summed E-state index contributed by atoms with van der Waals surface area (Å²) in [7, 11) is 2.12. The molecule has 0 bridgehead atoms. The zero-order valence-electron chi connectivity index (χ0n) is 21.7. The van der Waals surface area contributed by atoms with E-state index in [-0.39, 0.29) is 23.7 Å². The van der Waals surface area contributed by atoms with Crippen LogP contribution in [0.4, 0.5) is 5.82 Å². The van der Waals surface area contributed by atoms with Gasteiger partial charge in [0.2, 0.25) is 5.88 Å². The number of piperazine rings is 1. The van der Waals surface area contributed by atoms with Gasteiger partial charge in [-0.05, 0) is 65.5 Å². The number of ketones is 2. The molecule has 3 N–H and O–H groups in total. The Kier molecular flexibility index (Phi) is 7.30. The molecule has 36 heavy (non-hydrogen) atoms. The summed E-state index contributed by atoms with van der Waals surface area (Å²) in [6.45, 7) is 6.64. The lowest BCUT2D eigenvalue weighted by molar-refractivity contribution is -0.143. The van der Waals surface area contributed by atoms with E-state index in [1.165, 1.54) is 0 Å². The number of likely N-dealkylation sites (N-methyl/N-ethyl adjacent to an activating group) is 1. The number of rotatable bonds is 5. The Bertz CT molecular complexity index is 1020. The van der Waals surface area contributed by atoms with E-state index < -0.39 is 5.41 Å². The molecule has 3 heterocycles. The van der Waals surface area contributed by atoms with E-state index in [1.54, 1.807) is 0 Å². The number of anilines is 1. The van der Waals surface area contributed by atoms with Crippen molar-refractivity contribution in [1.82, 2.24) is 20.2 Å². The van der Waals surface area contributed by atoms with Gasteiger partial charge in [0.1, 0.15) is 17.7 Å². The van der Waals surface area contributed by atoms with E-state index in [0.717, 1.165) is 70.6 Å². The van der Waals surface area contributed by atoms with Gasteiger partial charge >= 0.3 is 0 Å². The number of Topliss-reactive ketones (excluding diaryl/α,β-unsaturated/α-hetero) is 2. The van der Waals surface area contributed by atoms with Crippen LogP contribution in [0.2, 0.25) is 0 Å². The van der Waals surface area contributed by atoms with Gasteiger partial charge in [-0.15, -0.1) is 0 Å². The van der Waals surface area contributed by atoms with Crippen LogP contribution >= 0.6 is 0 Å². The van der Waals surface area contributed by atoms with Crippen molar-refractivity contribution in [2.45, 2.75) is 76.9 Å². The number of nitrogens with zero attached hydrogens (tertiary/aromatic N) is 4. The summed E-state index contributed by atoms with van der Waals surface area (Å²) >= 11 is 0. The second-order valence-corrected chi connectivity index (χ2v) is 11.0. The van der Waals surface area contributed by atoms with E-state index in [9.17, 15) is 9.59 Å². The smallest absolute Gasteiger partial charge is 0.219 e. The average Bonchev–Trinajstić information content (AvgIpc) is 3.42. The summed E-state index contributed by atoms with van der Waals surface area (Å²) in [5.74, 6) is 1.56. The number of carbonyl (C=O) groups excluding carboxylic acids is 2. The molecule has 2 saturated carbocycles. The highest BCUT2D eigenvalue weighted by Crippen LogP contribution is 2.45. The van der Waals surface area contributed by atoms with Gasteiger partial charge in [-0.3, -0.25) is 9.59 Å². The minimum Gasteiger partial charge on any atom is -0.473 e. The van der Waals surface area contributed by atoms with Gasteiger partial charge in [-0.1, -0.05) is 6.42 Å². The predicted octanol–water partition coefficient (Wildman–Crippen LogP) is 2.30. The second-order valence-electron chi connectivity index (χ2n) is 11.0. The molecule has 2 aliphatic heterocycles. The number of nitrogens with two attached hydrogens (primary N) is 1. The molecule has 1 aromatic heterocycles. The minimum absolute atomic E-state index is 0.0519. The van der Waals surface area contributed by atoms with Crippen molar-refractivity contribution in [2.24, 2.45) is 11.1 Å². The molecule has 4 aliphatic rings. The number of hydrogen-bond acceptors (Lipinski definition) is 9. The Hall–Kier alpha value is -2.52. The fourth-order valence-corrected chi connectivity index (χ4v) is 6.25. The van der Waals surface area contributed by atoms with Crippen molar-refractivity contribution in [2.75, 3.05) is 44.7 Å². The van der Waals surface area contributed by atoms with Crippen LogP contribution in [0.1, 0.15) is 70.5 Å². The van der Waals surface area contributed by atoms with Crippen molar-refractivity contribution >= 4 is 23.1 Å². The minimum atomic E-state index is -0.895. The van der Waals surface area contributed by atoms with Crippen LogP contribution in [0.5, 0.6) is 5.88 Å². The quantitative estimate of drug-likeness (QED) is 0.468. The normalized spacial score (nSPS) is 30.1. The Morgan fingerprint density at radius 1 is 1.11 bits per heavy atom. The molecule has 5 rings (SSSR count). The third kappa shape index (κ3) is 4.87. The molecule has 9 heteroatoms. The highest BCUT2D eigenvalue weighted by molar-refractivity contribution is 6.17. The lowest BCUT2D eigenvalue weighted by atomic mass is 9.62.